The van der Waals surface area contributed by atoms with Crippen LogP contribution in [0.3, 0.4) is 0 Å². The van der Waals surface area contributed by atoms with E-state index in [4.69, 9.17) is 20.4 Å². The molecule has 0 radical (unpaired) electrons. The van der Waals surface area contributed by atoms with E-state index in [1.807, 2.05) is 18.2 Å². The summed E-state index contributed by atoms with van der Waals surface area (Å²) in [4.78, 5) is 28.3. The minimum atomic E-state index is -0.567. The van der Waals surface area contributed by atoms with Gasteiger partial charge in [-0.15, -0.1) is 0 Å². The summed E-state index contributed by atoms with van der Waals surface area (Å²) in [6.07, 6.45) is 0. The maximum atomic E-state index is 12.1. The highest BCUT2D eigenvalue weighted by Crippen LogP contribution is 2.24. The fourth-order valence-corrected chi connectivity index (χ4v) is 3.21. The molecule has 0 bridgehead atoms. The Bertz CT molecular complexity index is 1120. The first kappa shape index (κ1) is 17.4. The maximum absolute atomic E-state index is 12.1. The first-order valence-corrected chi connectivity index (χ1v) is 9.21. The number of oxazole rings is 1. The van der Waals surface area contributed by atoms with Gasteiger partial charge in [0.15, 0.2) is 11.3 Å². The van der Waals surface area contributed by atoms with Crippen LogP contribution < -0.4 is 10.9 Å². The van der Waals surface area contributed by atoms with Crippen LogP contribution in [0.1, 0.15) is 10.6 Å². The Morgan fingerprint density at radius 1 is 1.04 bits per heavy atom. The molecule has 2 amide bonds. The molecule has 0 aliphatic rings. The van der Waals surface area contributed by atoms with Crippen LogP contribution in [-0.4, -0.2) is 22.6 Å². The number of thioether (sulfide) groups is 1. The number of aromatic nitrogens is 1. The second-order valence-corrected chi connectivity index (χ2v) is 6.89. The Hall–Kier alpha value is -2.97. The van der Waals surface area contributed by atoms with E-state index in [0.29, 0.717) is 26.8 Å². The standard InChI is InChI=1S/C18H12ClN3O4S/c19-11-5-6-13-10(7-11)8-15(25-13)17(24)22-21-16(23)9-27-18-20-12-3-1-2-4-14(12)26-18/h1-8H,9H2,(H,21,23)(H,22,24). The zero-order valence-electron chi connectivity index (χ0n) is 13.7. The number of fused-ring (bicyclic) bond motifs is 2. The Kier molecular flexibility index (Phi) is 4.74. The van der Waals surface area contributed by atoms with Gasteiger partial charge in [0.1, 0.15) is 11.1 Å². The molecule has 0 saturated heterocycles. The van der Waals surface area contributed by atoms with Crippen LogP contribution in [-0.2, 0) is 4.79 Å². The lowest BCUT2D eigenvalue weighted by molar-refractivity contribution is -0.119. The third kappa shape index (κ3) is 3.91. The minimum absolute atomic E-state index is 0.0306. The van der Waals surface area contributed by atoms with Gasteiger partial charge in [-0.25, -0.2) is 4.98 Å². The number of nitrogens with zero attached hydrogens (tertiary/aromatic N) is 1. The van der Waals surface area contributed by atoms with E-state index in [0.717, 1.165) is 17.3 Å². The summed E-state index contributed by atoms with van der Waals surface area (Å²) >= 11 is 7.03. The molecule has 27 heavy (non-hydrogen) atoms. The number of hydrogen-bond acceptors (Lipinski definition) is 6. The summed E-state index contributed by atoms with van der Waals surface area (Å²) in [5.74, 6) is -0.875. The fraction of sp³-hybridized carbons (Fsp3) is 0.0556. The van der Waals surface area contributed by atoms with Crippen LogP contribution in [0.25, 0.3) is 22.1 Å². The molecular weight excluding hydrogens is 390 g/mol. The van der Waals surface area contributed by atoms with Crippen molar-refractivity contribution in [2.24, 2.45) is 0 Å². The average Bonchev–Trinajstić information content (AvgIpc) is 3.27. The summed E-state index contributed by atoms with van der Waals surface area (Å²) in [7, 11) is 0. The van der Waals surface area contributed by atoms with Crippen LogP contribution in [0, 0.1) is 0 Å². The van der Waals surface area contributed by atoms with Gasteiger partial charge in [0, 0.05) is 10.4 Å². The summed E-state index contributed by atoms with van der Waals surface area (Å²) in [6, 6.07) is 13.9. The van der Waals surface area contributed by atoms with E-state index >= 15 is 0 Å². The van der Waals surface area contributed by atoms with Gasteiger partial charge in [-0.3, -0.25) is 20.4 Å². The summed E-state index contributed by atoms with van der Waals surface area (Å²) in [5.41, 5.74) is 6.54. The van der Waals surface area contributed by atoms with Crippen LogP contribution >= 0.6 is 23.4 Å². The molecule has 0 unspecified atom stereocenters. The van der Waals surface area contributed by atoms with E-state index in [1.54, 1.807) is 30.3 Å². The Morgan fingerprint density at radius 2 is 1.89 bits per heavy atom. The number of hydrogen-bond donors (Lipinski definition) is 2. The maximum Gasteiger partial charge on any atom is 0.305 e. The topological polar surface area (TPSA) is 97.4 Å². The van der Waals surface area contributed by atoms with Crippen molar-refractivity contribution in [1.82, 2.24) is 15.8 Å². The molecular formula is C18H12ClN3O4S. The lowest BCUT2D eigenvalue weighted by atomic mass is 10.2. The van der Waals surface area contributed by atoms with Gasteiger partial charge in [-0.05, 0) is 36.4 Å². The number of hydrazine groups is 1. The molecule has 2 aromatic heterocycles. The van der Waals surface area contributed by atoms with Crippen molar-refractivity contribution in [3.63, 3.8) is 0 Å². The lowest BCUT2D eigenvalue weighted by Crippen LogP contribution is -2.42. The number of carbonyl (C=O) groups is 2. The number of furan rings is 1. The third-order valence-corrected chi connectivity index (χ3v) is 4.68. The molecule has 0 aliphatic heterocycles. The molecule has 0 saturated carbocycles. The van der Waals surface area contributed by atoms with E-state index in [-0.39, 0.29) is 11.5 Å². The van der Waals surface area contributed by atoms with Gasteiger partial charge < -0.3 is 8.83 Å². The number of amides is 2. The van der Waals surface area contributed by atoms with Crippen LogP contribution in [0.4, 0.5) is 0 Å². The zero-order chi connectivity index (χ0) is 18.8. The highest BCUT2D eigenvalue weighted by atomic mass is 35.5. The third-order valence-electron chi connectivity index (χ3n) is 3.62. The minimum Gasteiger partial charge on any atom is -0.451 e. The van der Waals surface area contributed by atoms with E-state index in [9.17, 15) is 9.59 Å². The van der Waals surface area contributed by atoms with Crippen LogP contribution in [0.5, 0.6) is 0 Å². The first-order chi connectivity index (χ1) is 13.1. The van der Waals surface area contributed by atoms with Crippen molar-refractivity contribution < 1.29 is 18.4 Å². The molecule has 0 atom stereocenters. The monoisotopic (exact) mass is 401 g/mol. The van der Waals surface area contributed by atoms with E-state index in [1.165, 1.54) is 0 Å². The number of benzene rings is 2. The van der Waals surface area contributed by atoms with Gasteiger partial charge in [-0.1, -0.05) is 35.5 Å². The normalized spacial score (nSPS) is 11.0. The van der Waals surface area contributed by atoms with Crippen molar-refractivity contribution in [2.45, 2.75) is 5.22 Å². The van der Waals surface area contributed by atoms with E-state index in [2.05, 4.69) is 15.8 Å². The van der Waals surface area contributed by atoms with Crippen molar-refractivity contribution in [3.8, 4) is 0 Å². The SMILES string of the molecule is O=C(CSc1nc2ccccc2o1)NNC(=O)c1cc2cc(Cl)ccc2o1. The van der Waals surface area contributed by atoms with Crippen molar-refractivity contribution in [3.05, 3.63) is 59.3 Å². The largest absolute Gasteiger partial charge is 0.451 e. The highest BCUT2D eigenvalue weighted by molar-refractivity contribution is 7.99. The molecule has 136 valence electrons. The molecule has 2 N–H and O–H groups in total. The van der Waals surface area contributed by atoms with Gasteiger partial charge in [0.2, 0.25) is 5.91 Å². The van der Waals surface area contributed by atoms with Gasteiger partial charge in [0.05, 0.1) is 5.75 Å². The summed E-state index contributed by atoms with van der Waals surface area (Å²) in [5, 5.41) is 1.62. The van der Waals surface area contributed by atoms with Crippen molar-refractivity contribution in [1.29, 1.82) is 0 Å². The number of halogens is 1. The fourth-order valence-electron chi connectivity index (χ4n) is 2.39. The molecule has 4 rings (SSSR count). The highest BCUT2D eigenvalue weighted by Gasteiger charge is 2.14. The second-order valence-electron chi connectivity index (χ2n) is 5.53. The lowest BCUT2D eigenvalue weighted by Gasteiger charge is -2.04. The molecule has 0 spiro atoms. The second kappa shape index (κ2) is 7.34. The number of rotatable bonds is 4. The molecule has 2 heterocycles. The zero-order valence-corrected chi connectivity index (χ0v) is 15.3. The van der Waals surface area contributed by atoms with Crippen molar-refractivity contribution >= 4 is 57.2 Å². The van der Waals surface area contributed by atoms with Crippen LogP contribution in [0.15, 0.2) is 62.6 Å². The average molecular weight is 402 g/mol. The molecule has 9 heteroatoms. The van der Waals surface area contributed by atoms with Gasteiger partial charge in [0.25, 0.3) is 5.22 Å². The number of carbonyl (C=O) groups excluding carboxylic acids is 2. The molecule has 0 fully saturated rings. The van der Waals surface area contributed by atoms with E-state index < -0.39 is 11.8 Å². The quantitative estimate of drug-likeness (QED) is 0.399. The molecule has 0 aliphatic carbocycles. The van der Waals surface area contributed by atoms with Gasteiger partial charge >= 0.3 is 5.91 Å². The van der Waals surface area contributed by atoms with Crippen molar-refractivity contribution in [2.75, 3.05) is 5.75 Å². The predicted octanol–water partition coefficient (Wildman–Crippen LogP) is 3.78. The molecule has 7 nitrogen and oxygen atoms in total. The Balaban J connectivity index is 1.32. The summed E-state index contributed by atoms with van der Waals surface area (Å²) in [6.45, 7) is 0. The predicted molar refractivity (Wildman–Crippen MR) is 102 cm³/mol. The Morgan fingerprint density at radius 3 is 2.74 bits per heavy atom. The smallest absolute Gasteiger partial charge is 0.305 e. The number of nitrogens with one attached hydrogen (secondary N) is 2. The number of para-hydroxylation sites is 2. The Labute approximate surface area is 162 Å². The molecule has 4 aromatic rings. The van der Waals surface area contributed by atoms with Gasteiger partial charge in [-0.2, -0.15) is 0 Å². The summed E-state index contributed by atoms with van der Waals surface area (Å²) < 4.78 is 10.9. The molecule has 2 aromatic carbocycles. The first-order valence-electron chi connectivity index (χ1n) is 7.85. The van der Waals surface area contributed by atoms with Crippen LogP contribution in [0.2, 0.25) is 5.02 Å².